The third-order valence-electron chi connectivity index (χ3n) is 6.40. The lowest BCUT2D eigenvalue weighted by atomic mass is 9.66. The van der Waals surface area contributed by atoms with Gasteiger partial charge in [-0.15, -0.1) is 0 Å². The number of rotatable bonds is 5. The van der Waals surface area contributed by atoms with E-state index in [-0.39, 0.29) is 5.92 Å². The SMILES string of the molecule is O[C@]1(c2ccccc2)CCc2cc(OCc3ccccc3)ccc2[C@H]1c1ccc(Cl)cc1. The molecular formula is C29H25ClO2. The number of halogens is 1. The van der Waals surface area contributed by atoms with E-state index in [1.807, 2.05) is 78.9 Å². The first kappa shape index (κ1) is 20.8. The van der Waals surface area contributed by atoms with Gasteiger partial charge in [-0.1, -0.05) is 90.5 Å². The highest BCUT2D eigenvalue weighted by molar-refractivity contribution is 6.30. The first-order valence-corrected chi connectivity index (χ1v) is 11.3. The van der Waals surface area contributed by atoms with Crippen LogP contribution in [-0.4, -0.2) is 5.11 Å². The fourth-order valence-electron chi connectivity index (χ4n) is 4.79. The van der Waals surface area contributed by atoms with E-state index in [9.17, 15) is 5.11 Å². The van der Waals surface area contributed by atoms with E-state index in [1.165, 1.54) is 5.56 Å². The van der Waals surface area contributed by atoms with Gasteiger partial charge in [0.2, 0.25) is 0 Å². The molecule has 0 heterocycles. The van der Waals surface area contributed by atoms with Crippen LogP contribution in [0.15, 0.2) is 103 Å². The average Bonchev–Trinajstić information content (AvgIpc) is 2.85. The topological polar surface area (TPSA) is 29.5 Å². The van der Waals surface area contributed by atoms with Crippen molar-refractivity contribution in [2.45, 2.75) is 31.0 Å². The first-order valence-electron chi connectivity index (χ1n) is 11.0. The van der Waals surface area contributed by atoms with Crippen molar-refractivity contribution in [2.75, 3.05) is 0 Å². The number of ether oxygens (including phenoxy) is 1. The molecule has 1 aliphatic rings. The van der Waals surface area contributed by atoms with Gasteiger partial charge in [0.15, 0.2) is 0 Å². The number of fused-ring (bicyclic) bond motifs is 1. The molecule has 0 unspecified atom stereocenters. The summed E-state index contributed by atoms with van der Waals surface area (Å²) in [4.78, 5) is 0. The zero-order valence-electron chi connectivity index (χ0n) is 17.7. The first-order chi connectivity index (χ1) is 15.6. The van der Waals surface area contributed by atoms with Crippen LogP contribution in [0.4, 0.5) is 0 Å². The maximum atomic E-state index is 12.0. The van der Waals surface area contributed by atoms with Crippen LogP contribution in [0.5, 0.6) is 5.75 Å². The summed E-state index contributed by atoms with van der Waals surface area (Å²) in [6, 6.07) is 34.3. The van der Waals surface area contributed by atoms with E-state index in [1.54, 1.807) is 0 Å². The Hall–Kier alpha value is -3.07. The van der Waals surface area contributed by atoms with E-state index in [2.05, 4.69) is 24.3 Å². The molecule has 0 aliphatic heterocycles. The molecule has 4 aromatic carbocycles. The van der Waals surface area contributed by atoms with Gasteiger partial charge in [0, 0.05) is 10.9 Å². The molecule has 32 heavy (non-hydrogen) atoms. The Balaban J connectivity index is 1.52. The Morgan fingerprint density at radius 3 is 2.25 bits per heavy atom. The van der Waals surface area contributed by atoms with Crippen LogP contribution in [0, 0.1) is 0 Å². The molecule has 0 fully saturated rings. The van der Waals surface area contributed by atoms with Crippen molar-refractivity contribution in [1.82, 2.24) is 0 Å². The summed E-state index contributed by atoms with van der Waals surface area (Å²) in [5.74, 6) is 0.668. The lowest BCUT2D eigenvalue weighted by molar-refractivity contribution is 0.00437. The summed E-state index contributed by atoms with van der Waals surface area (Å²) in [6.45, 7) is 0.536. The van der Waals surface area contributed by atoms with Crippen LogP contribution in [0.2, 0.25) is 5.02 Å². The van der Waals surface area contributed by atoms with Gasteiger partial charge in [-0.2, -0.15) is 0 Å². The molecule has 2 atom stereocenters. The minimum atomic E-state index is -0.992. The molecular weight excluding hydrogens is 416 g/mol. The van der Waals surface area contributed by atoms with Gasteiger partial charge in [-0.25, -0.2) is 0 Å². The van der Waals surface area contributed by atoms with Gasteiger partial charge in [0.25, 0.3) is 0 Å². The molecule has 0 aromatic heterocycles. The van der Waals surface area contributed by atoms with Crippen molar-refractivity contribution < 1.29 is 9.84 Å². The standard InChI is InChI=1S/C29H25ClO2/c30-25-13-11-22(12-14-25)28-27-16-15-26(32-20-21-7-3-1-4-8-21)19-23(27)17-18-29(28,31)24-9-5-2-6-10-24/h1-16,19,28,31H,17-18,20H2/t28-,29+/m1/s1. The van der Waals surface area contributed by atoms with E-state index in [4.69, 9.17) is 16.3 Å². The van der Waals surface area contributed by atoms with Gasteiger partial charge < -0.3 is 9.84 Å². The summed E-state index contributed by atoms with van der Waals surface area (Å²) in [5, 5.41) is 12.7. The largest absolute Gasteiger partial charge is 0.489 e. The minimum Gasteiger partial charge on any atom is -0.489 e. The second kappa shape index (κ2) is 8.82. The van der Waals surface area contributed by atoms with Crippen molar-refractivity contribution in [2.24, 2.45) is 0 Å². The molecule has 1 N–H and O–H groups in total. The van der Waals surface area contributed by atoms with Gasteiger partial charge >= 0.3 is 0 Å². The molecule has 4 aromatic rings. The fourth-order valence-corrected chi connectivity index (χ4v) is 4.91. The van der Waals surface area contributed by atoms with E-state index in [0.717, 1.165) is 34.4 Å². The predicted octanol–water partition coefficient (Wildman–Crippen LogP) is 6.88. The van der Waals surface area contributed by atoms with E-state index >= 15 is 0 Å². The van der Waals surface area contributed by atoms with Gasteiger partial charge in [-0.05, 0) is 64.9 Å². The minimum absolute atomic E-state index is 0.186. The Morgan fingerprint density at radius 1 is 0.844 bits per heavy atom. The average molecular weight is 441 g/mol. The molecule has 5 rings (SSSR count). The monoisotopic (exact) mass is 440 g/mol. The van der Waals surface area contributed by atoms with Crippen LogP contribution in [0.3, 0.4) is 0 Å². The Labute approximate surface area is 194 Å². The number of benzene rings is 4. The van der Waals surface area contributed by atoms with Crippen molar-refractivity contribution in [3.63, 3.8) is 0 Å². The van der Waals surface area contributed by atoms with Gasteiger partial charge in [0.1, 0.15) is 18.0 Å². The number of aliphatic hydroxyl groups is 1. The van der Waals surface area contributed by atoms with E-state index < -0.39 is 5.60 Å². The highest BCUT2D eigenvalue weighted by atomic mass is 35.5. The van der Waals surface area contributed by atoms with Gasteiger partial charge in [-0.3, -0.25) is 0 Å². The second-order valence-electron chi connectivity index (χ2n) is 8.41. The van der Waals surface area contributed by atoms with Crippen molar-refractivity contribution >= 4 is 11.6 Å². The number of hydrogen-bond acceptors (Lipinski definition) is 2. The molecule has 1 aliphatic carbocycles. The zero-order chi connectivity index (χ0) is 22.0. The molecule has 0 spiro atoms. The molecule has 2 nitrogen and oxygen atoms in total. The highest BCUT2D eigenvalue weighted by Crippen LogP contribution is 2.49. The zero-order valence-corrected chi connectivity index (χ0v) is 18.5. The molecule has 3 heteroatoms. The molecule has 160 valence electrons. The highest BCUT2D eigenvalue weighted by Gasteiger charge is 2.44. The summed E-state index contributed by atoms with van der Waals surface area (Å²) < 4.78 is 6.07. The third kappa shape index (κ3) is 4.04. The quantitative estimate of drug-likeness (QED) is 0.366. The Bertz CT molecular complexity index is 1190. The fraction of sp³-hybridized carbons (Fsp3) is 0.172. The predicted molar refractivity (Wildman–Crippen MR) is 129 cm³/mol. The Kier molecular flexibility index (Phi) is 5.73. The van der Waals surface area contributed by atoms with Crippen molar-refractivity contribution in [3.05, 3.63) is 136 Å². The van der Waals surface area contributed by atoms with Crippen LogP contribution in [0.1, 0.15) is 40.2 Å². The lowest BCUT2D eigenvalue weighted by Gasteiger charge is -2.42. The van der Waals surface area contributed by atoms with Crippen LogP contribution in [-0.2, 0) is 18.6 Å². The van der Waals surface area contributed by atoms with Crippen LogP contribution in [0.25, 0.3) is 0 Å². The third-order valence-corrected chi connectivity index (χ3v) is 6.66. The molecule has 0 bridgehead atoms. The second-order valence-corrected chi connectivity index (χ2v) is 8.85. The van der Waals surface area contributed by atoms with Crippen LogP contribution < -0.4 is 4.74 Å². The molecule has 0 saturated carbocycles. The molecule has 0 radical (unpaired) electrons. The van der Waals surface area contributed by atoms with Gasteiger partial charge in [0.05, 0.1) is 0 Å². The summed E-state index contributed by atoms with van der Waals surface area (Å²) in [5.41, 5.74) is 4.50. The van der Waals surface area contributed by atoms with Crippen molar-refractivity contribution in [3.8, 4) is 5.75 Å². The number of hydrogen-bond donors (Lipinski definition) is 1. The summed E-state index contributed by atoms with van der Waals surface area (Å²) in [6.07, 6.45) is 1.42. The van der Waals surface area contributed by atoms with E-state index in [0.29, 0.717) is 18.1 Å². The summed E-state index contributed by atoms with van der Waals surface area (Å²) in [7, 11) is 0. The lowest BCUT2D eigenvalue weighted by Crippen LogP contribution is -2.38. The summed E-state index contributed by atoms with van der Waals surface area (Å²) >= 11 is 6.17. The van der Waals surface area contributed by atoms with Crippen LogP contribution >= 0.6 is 11.6 Å². The Morgan fingerprint density at radius 2 is 1.53 bits per heavy atom. The number of aryl methyl sites for hydroxylation is 1. The normalized spacial score (nSPS) is 19.9. The smallest absolute Gasteiger partial charge is 0.120 e. The maximum absolute atomic E-state index is 12.0. The maximum Gasteiger partial charge on any atom is 0.120 e. The molecule has 0 saturated heterocycles. The molecule has 0 amide bonds. The van der Waals surface area contributed by atoms with Crippen molar-refractivity contribution in [1.29, 1.82) is 0 Å².